The molecule has 0 aliphatic heterocycles. The van der Waals surface area contributed by atoms with Crippen LogP contribution in [0.5, 0.6) is 0 Å². The molecule has 9 nitrogen and oxygen atoms in total. The highest BCUT2D eigenvalue weighted by Gasteiger charge is 2.14. The summed E-state index contributed by atoms with van der Waals surface area (Å²) in [4.78, 5) is 19.9. The second-order valence-electron chi connectivity index (χ2n) is 5.24. The van der Waals surface area contributed by atoms with E-state index in [0.29, 0.717) is 17.5 Å². The van der Waals surface area contributed by atoms with Crippen LogP contribution in [-0.2, 0) is 11.3 Å². The van der Waals surface area contributed by atoms with E-state index < -0.39 is 5.97 Å². The van der Waals surface area contributed by atoms with Crippen LogP contribution in [0.4, 0.5) is 0 Å². The lowest BCUT2D eigenvalue weighted by Crippen LogP contribution is -2.11. The fourth-order valence-corrected chi connectivity index (χ4v) is 2.30. The first-order chi connectivity index (χ1) is 11.5. The summed E-state index contributed by atoms with van der Waals surface area (Å²) in [6.07, 6.45) is 1.54. The highest BCUT2D eigenvalue weighted by molar-refractivity contribution is 5.85. The van der Waals surface area contributed by atoms with Crippen molar-refractivity contribution in [3.8, 4) is 11.8 Å². The molecule has 0 unspecified atom stereocenters. The van der Waals surface area contributed by atoms with Crippen LogP contribution in [0.1, 0.15) is 27.6 Å². The zero-order valence-electron chi connectivity index (χ0n) is 13.5. The number of carboxylic acids is 1. The summed E-state index contributed by atoms with van der Waals surface area (Å²) in [5.74, 6) is -0.289. The lowest BCUT2D eigenvalue weighted by Gasteiger charge is -2.09. The van der Waals surface area contributed by atoms with Crippen LogP contribution in [0.2, 0.25) is 0 Å². The molecule has 0 radical (unpaired) electrons. The first-order valence-electron chi connectivity index (χ1n) is 7.18. The van der Waals surface area contributed by atoms with Gasteiger partial charge in [-0.05, 0) is 26.0 Å². The normalized spacial score (nSPS) is 11.0. The maximum absolute atomic E-state index is 11.0. The molecule has 0 saturated heterocycles. The molecule has 0 aliphatic carbocycles. The van der Waals surface area contributed by atoms with E-state index in [1.807, 2.05) is 19.9 Å². The van der Waals surface area contributed by atoms with Gasteiger partial charge in [-0.15, -0.1) is 0 Å². The summed E-state index contributed by atoms with van der Waals surface area (Å²) in [5.41, 5.74) is 2.31. The minimum Gasteiger partial charge on any atom is -0.476 e. The van der Waals surface area contributed by atoms with E-state index in [0.717, 1.165) is 11.4 Å². The monoisotopic (exact) mass is 328 g/mol. The van der Waals surface area contributed by atoms with Gasteiger partial charge in [0.25, 0.3) is 5.95 Å². The summed E-state index contributed by atoms with van der Waals surface area (Å²) in [6, 6.07) is 5.02. The fraction of sp³-hybridized carbons (Fsp3) is 0.267. The number of hydrogen-bond donors (Lipinski definition) is 1. The molecule has 0 aliphatic rings. The van der Waals surface area contributed by atoms with Gasteiger partial charge in [0.05, 0.1) is 18.0 Å². The Bertz CT molecular complexity index is 899. The van der Waals surface area contributed by atoms with Crippen molar-refractivity contribution in [3.63, 3.8) is 0 Å². The molecule has 0 aromatic carbocycles. The zero-order valence-corrected chi connectivity index (χ0v) is 13.5. The van der Waals surface area contributed by atoms with E-state index in [-0.39, 0.29) is 12.3 Å². The molecule has 24 heavy (non-hydrogen) atoms. The third kappa shape index (κ3) is 3.01. The third-order valence-corrected chi connectivity index (χ3v) is 3.29. The van der Waals surface area contributed by atoms with Crippen molar-refractivity contribution in [1.29, 1.82) is 0 Å². The topological polar surface area (TPSA) is 108 Å². The number of ether oxygens (including phenoxy) is 1. The van der Waals surface area contributed by atoms with Gasteiger partial charge in [-0.25, -0.2) is 19.1 Å². The average molecular weight is 328 g/mol. The Labute approximate surface area is 137 Å². The van der Waals surface area contributed by atoms with Gasteiger partial charge in [-0.2, -0.15) is 15.2 Å². The largest absolute Gasteiger partial charge is 0.476 e. The molecule has 124 valence electrons. The van der Waals surface area contributed by atoms with Crippen molar-refractivity contribution in [3.05, 3.63) is 47.2 Å². The van der Waals surface area contributed by atoms with Crippen molar-refractivity contribution in [1.82, 2.24) is 29.5 Å². The first kappa shape index (κ1) is 15.8. The van der Waals surface area contributed by atoms with Crippen molar-refractivity contribution >= 4 is 5.97 Å². The summed E-state index contributed by atoms with van der Waals surface area (Å²) in [7, 11) is 1.57. The summed E-state index contributed by atoms with van der Waals surface area (Å²) in [6.45, 7) is 4.08. The molecule has 0 fully saturated rings. The number of carboxylic acid groups (broad SMARTS) is 1. The Morgan fingerprint density at radius 1 is 1.25 bits per heavy atom. The number of hydrogen-bond acceptors (Lipinski definition) is 6. The van der Waals surface area contributed by atoms with Crippen molar-refractivity contribution in [2.24, 2.45) is 0 Å². The third-order valence-electron chi connectivity index (χ3n) is 3.29. The van der Waals surface area contributed by atoms with Crippen LogP contribution in [0, 0.1) is 13.8 Å². The van der Waals surface area contributed by atoms with Crippen molar-refractivity contribution < 1.29 is 14.6 Å². The van der Waals surface area contributed by atoms with Gasteiger partial charge in [0.1, 0.15) is 0 Å². The second-order valence-corrected chi connectivity index (χ2v) is 5.24. The molecule has 3 rings (SSSR count). The standard InChI is InChI=1S/C15H16N6O3/c1-9-6-10(2)21(18-9)15-16-11(8-24-3)7-13(17-15)20-5-4-12(19-20)14(22)23/h4-7H,8H2,1-3H3,(H,22,23). The first-order valence-corrected chi connectivity index (χ1v) is 7.18. The predicted octanol–water partition coefficient (Wildman–Crippen LogP) is 1.31. The lowest BCUT2D eigenvalue weighted by atomic mass is 10.4. The van der Waals surface area contributed by atoms with E-state index in [1.165, 1.54) is 16.9 Å². The van der Waals surface area contributed by atoms with Gasteiger partial charge in [0, 0.05) is 25.1 Å². The van der Waals surface area contributed by atoms with Gasteiger partial charge in [-0.1, -0.05) is 0 Å². The van der Waals surface area contributed by atoms with E-state index in [2.05, 4.69) is 20.2 Å². The maximum atomic E-state index is 11.0. The lowest BCUT2D eigenvalue weighted by molar-refractivity contribution is 0.0690. The highest BCUT2D eigenvalue weighted by Crippen LogP contribution is 2.13. The second kappa shape index (κ2) is 6.20. The number of aryl methyl sites for hydroxylation is 2. The molecule has 0 atom stereocenters. The predicted molar refractivity (Wildman–Crippen MR) is 83.4 cm³/mol. The van der Waals surface area contributed by atoms with E-state index >= 15 is 0 Å². The van der Waals surface area contributed by atoms with E-state index in [1.54, 1.807) is 17.9 Å². The summed E-state index contributed by atoms with van der Waals surface area (Å²) in [5, 5.41) is 17.4. The quantitative estimate of drug-likeness (QED) is 0.752. The molecule has 0 spiro atoms. The molecule has 1 N–H and O–H groups in total. The fourth-order valence-electron chi connectivity index (χ4n) is 2.30. The van der Waals surface area contributed by atoms with Crippen molar-refractivity contribution in [2.75, 3.05) is 7.11 Å². The number of aromatic nitrogens is 6. The zero-order chi connectivity index (χ0) is 17.3. The van der Waals surface area contributed by atoms with Gasteiger partial charge in [-0.3, -0.25) is 0 Å². The molecule has 3 heterocycles. The Morgan fingerprint density at radius 3 is 2.62 bits per heavy atom. The van der Waals surface area contributed by atoms with Crippen LogP contribution in [0.25, 0.3) is 11.8 Å². The van der Waals surface area contributed by atoms with Crippen LogP contribution in [-0.4, -0.2) is 47.7 Å². The van der Waals surface area contributed by atoms with Crippen LogP contribution in [0.3, 0.4) is 0 Å². The van der Waals surface area contributed by atoms with Crippen molar-refractivity contribution in [2.45, 2.75) is 20.5 Å². The molecular weight excluding hydrogens is 312 g/mol. The Morgan fingerprint density at radius 2 is 2.04 bits per heavy atom. The molecule has 0 amide bonds. The van der Waals surface area contributed by atoms with Gasteiger partial charge in [0.2, 0.25) is 0 Å². The minimum absolute atomic E-state index is 0.0606. The Kier molecular flexibility index (Phi) is 4.09. The van der Waals surface area contributed by atoms with Gasteiger partial charge < -0.3 is 9.84 Å². The average Bonchev–Trinajstić information content (AvgIpc) is 3.14. The number of rotatable bonds is 5. The molecule has 9 heteroatoms. The molecular formula is C15H16N6O3. The van der Waals surface area contributed by atoms with E-state index in [9.17, 15) is 4.79 Å². The molecule has 0 saturated carbocycles. The number of methoxy groups -OCH3 is 1. The summed E-state index contributed by atoms with van der Waals surface area (Å²) >= 11 is 0. The molecule has 3 aromatic heterocycles. The van der Waals surface area contributed by atoms with Crippen LogP contribution in [0.15, 0.2) is 24.4 Å². The number of aromatic carboxylic acids is 1. The van der Waals surface area contributed by atoms with Gasteiger partial charge in [0.15, 0.2) is 11.5 Å². The maximum Gasteiger partial charge on any atom is 0.356 e. The Hall–Kier alpha value is -3.07. The smallest absolute Gasteiger partial charge is 0.356 e. The minimum atomic E-state index is -1.10. The van der Waals surface area contributed by atoms with Gasteiger partial charge >= 0.3 is 5.97 Å². The SMILES string of the molecule is COCc1cc(-n2ccc(C(=O)O)n2)nc(-n2nc(C)cc2C)n1. The summed E-state index contributed by atoms with van der Waals surface area (Å²) < 4.78 is 8.16. The molecule has 3 aromatic rings. The van der Waals surface area contributed by atoms with Crippen LogP contribution >= 0.6 is 0 Å². The number of carbonyl (C=O) groups is 1. The highest BCUT2D eigenvalue weighted by atomic mass is 16.5. The molecule has 0 bridgehead atoms. The van der Waals surface area contributed by atoms with Crippen LogP contribution < -0.4 is 0 Å². The Balaban J connectivity index is 2.11. The van der Waals surface area contributed by atoms with E-state index in [4.69, 9.17) is 9.84 Å². The number of nitrogens with zero attached hydrogens (tertiary/aromatic N) is 6.